The van der Waals surface area contributed by atoms with Gasteiger partial charge in [-0.1, -0.05) is 53.8 Å². The summed E-state index contributed by atoms with van der Waals surface area (Å²) < 4.78 is 7.81. The van der Waals surface area contributed by atoms with E-state index in [2.05, 4.69) is 33.5 Å². The molecule has 0 spiro atoms. The first-order chi connectivity index (χ1) is 12.4. The molecular weight excluding hydrogens is 352 g/mol. The topological polar surface area (TPSA) is 52.3 Å². The fourth-order valence-corrected chi connectivity index (χ4v) is 4.18. The van der Waals surface area contributed by atoms with E-state index in [-0.39, 0.29) is 0 Å². The third-order valence-electron chi connectivity index (χ3n) is 3.88. The maximum Gasteiger partial charge on any atom is 0.235 e. The number of hydrogen-bond acceptors (Lipinski definition) is 6. The van der Waals surface area contributed by atoms with Crippen molar-refractivity contribution in [1.29, 1.82) is 0 Å². The van der Waals surface area contributed by atoms with Gasteiger partial charge in [0, 0.05) is 5.39 Å². The average Bonchev–Trinajstić information content (AvgIpc) is 3.36. The summed E-state index contributed by atoms with van der Waals surface area (Å²) in [6, 6.07) is 18.3. The molecule has 0 bridgehead atoms. The van der Waals surface area contributed by atoms with E-state index in [1.807, 2.05) is 41.8 Å². The molecule has 3 aromatic heterocycles. The van der Waals surface area contributed by atoms with E-state index in [4.69, 9.17) is 4.74 Å². The average molecular weight is 364 g/mol. The van der Waals surface area contributed by atoms with Crippen molar-refractivity contribution in [2.45, 2.75) is 6.61 Å². The van der Waals surface area contributed by atoms with Gasteiger partial charge in [0.2, 0.25) is 4.96 Å². The number of fused-ring (bicyclic) bond motifs is 2. The Hall–Kier alpha value is -2.77. The molecule has 0 saturated heterocycles. The summed E-state index contributed by atoms with van der Waals surface area (Å²) >= 11 is 3.12. The summed E-state index contributed by atoms with van der Waals surface area (Å²) in [5.74, 6) is 1.64. The molecule has 5 rings (SSSR count). The number of nitrogens with zero attached hydrogens (tertiary/aromatic N) is 4. The largest absolute Gasteiger partial charge is 0.486 e. The van der Waals surface area contributed by atoms with Crippen molar-refractivity contribution in [1.82, 2.24) is 19.8 Å². The van der Waals surface area contributed by atoms with Gasteiger partial charge in [-0.2, -0.15) is 9.61 Å². The lowest BCUT2D eigenvalue weighted by Gasteiger charge is -2.07. The summed E-state index contributed by atoms with van der Waals surface area (Å²) in [6.45, 7) is 0.409. The normalized spacial score (nSPS) is 11.4. The Labute approximate surface area is 151 Å². The standard InChI is InChI=1S/C18H12N4OS2/c1-2-7-13-12(5-1)6-3-8-14(13)23-11-16-21-22-17(15-9-4-10-24-15)19-20-18(22)25-16/h1-10H,11H2. The van der Waals surface area contributed by atoms with Crippen LogP contribution in [-0.2, 0) is 6.61 Å². The molecule has 7 heteroatoms. The molecule has 0 unspecified atom stereocenters. The highest BCUT2D eigenvalue weighted by molar-refractivity contribution is 7.16. The van der Waals surface area contributed by atoms with E-state index in [0.717, 1.165) is 37.2 Å². The van der Waals surface area contributed by atoms with Gasteiger partial charge in [0.15, 0.2) is 10.8 Å². The Morgan fingerprint density at radius 3 is 2.80 bits per heavy atom. The first-order valence-electron chi connectivity index (χ1n) is 7.74. The molecule has 5 aromatic rings. The second-order valence-corrected chi connectivity index (χ2v) is 7.45. The first kappa shape index (κ1) is 14.6. The highest BCUT2D eigenvalue weighted by Crippen LogP contribution is 2.28. The quantitative estimate of drug-likeness (QED) is 0.466. The summed E-state index contributed by atoms with van der Waals surface area (Å²) in [5.41, 5.74) is 0. The van der Waals surface area contributed by atoms with E-state index in [0.29, 0.717) is 6.61 Å². The highest BCUT2D eigenvalue weighted by Gasteiger charge is 2.14. The number of rotatable bonds is 4. The molecule has 122 valence electrons. The van der Waals surface area contributed by atoms with E-state index in [1.165, 1.54) is 11.3 Å². The van der Waals surface area contributed by atoms with Gasteiger partial charge in [0.1, 0.15) is 12.4 Å². The van der Waals surface area contributed by atoms with Gasteiger partial charge < -0.3 is 4.74 Å². The van der Waals surface area contributed by atoms with Crippen LogP contribution >= 0.6 is 22.7 Å². The fraction of sp³-hybridized carbons (Fsp3) is 0.0556. The van der Waals surface area contributed by atoms with Crippen molar-refractivity contribution in [3.05, 3.63) is 65.0 Å². The van der Waals surface area contributed by atoms with E-state index >= 15 is 0 Å². The molecule has 25 heavy (non-hydrogen) atoms. The molecule has 0 N–H and O–H groups in total. The Kier molecular flexibility index (Phi) is 3.46. The molecule has 0 atom stereocenters. The molecule has 0 aliphatic rings. The third-order valence-corrected chi connectivity index (χ3v) is 5.61. The Morgan fingerprint density at radius 1 is 0.960 bits per heavy atom. The minimum atomic E-state index is 0.409. The van der Waals surface area contributed by atoms with Crippen LogP contribution in [0.5, 0.6) is 5.75 Å². The molecule has 0 amide bonds. The van der Waals surface area contributed by atoms with Crippen LogP contribution < -0.4 is 4.74 Å². The minimum absolute atomic E-state index is 0.409. The van der Waals surface area contributed by atoms with Crippen LogP contribution in [0.15, 0.2) is 60.0 Å². The molecule has 2 aromatic carbocycles. The van der Waals surface area contributed by atoms with Crippen LogP contribution in [0.1, 0.15) is 5.01 Å². The SMILES string of the molecule is c1csc(-c2nnc3sc(COc4cccc5ccccc45)nn23)c1. The molecule has 0 radical (unpaired) electrons. The second kappa shape index (κ2) is 5.94. The lowest BCUT2D eigenvalue weighted by molar-refractivity contribution is 0.308. The van der Waals surface area contributed by atoms with Crippen LogP contribution in [0, 0.1) is 0 Å². The van der Waals surface area contributed by atoms with E-state index in [1.54, 1.807) is 15.9 Å². The Balaban J connectivity index is 1.44. The number of thiophene rings is 1. The zero-order valence-corrected chi connectivity index (χ0v) is 14.6. The van der Waals surface area contributed by atoms with Crippen molar-refractivity contribution in [3.8, 4) is 16.5 Å². The third kappa shape index (κ3) is 2.57. The van der Waals surface area contributed by atoms with Gasteiger partial charge in [-0.3, -0.25) is 0 Å². The maximum atomic E-state index is 6.02. The molecule has 0 aliphatic heterocycles. The Bertz CT molecular complexity index is 1160. The summed E-state index contributed by atoms with van der Waals surface area (Å²) in [6.07, 6.45) is 0. The van der Waals surface area contributed by atoms with Crippen LogP contribution in [0.3, 0.4) is 0 Å². The summed E-state index contributed by atoms with van der Waals surface area (Å²) in [7, 11) is 0. The van der Waals surface area contributed by atoms with Crippen molar-refractivity contribution < 1.29 is 4.74 Å². The first-order valence-corrected chi connectivity index (χ1v) is 9.44. The van der Waals surface area contributed by atoms with Crippen molar-refractivity contribution >= 4 is 38.4 Å². The van der Waals surface area contributed by atoms with Gasteiger partial charge in [-0.15, -0.1) is 21.5 Å². The van der Waals surface area contributed by atoms with E-state index in [9.17, 15) is 0 Å². The zero-order chi connectivity index (χ0) is 16.6. The van der Waals surface area contributed by atoms with E-state index < -0.39 is 0 Å². The van der Waals surface area contributed by atoms with Crippen LogP contribution in [-0.4, -0.2) is 19.8 Å². The maximum absolute atomic E-state index is 6.02. The summed E-state index contributed by atoms with van der Waals surface area (Å²) in [4.78, 5) is 1.83. The smallest absolute Gasteiger partial charge is 0.235 e. The fourth-order valence-electron chi connectivity index (χ4n) is 2.74. The lowest BCUT2D eigenvalue weighted by atomic mass is 10.1. The van der Waals surface area contributed by atoms with Gasteiger partial charge in [0.05, 0.1) is 4.88 Å². The van der Waals surface area contributed by atoms with Gasteiger partial charge >= 0.3 is 0 Å². The summed E-state index contributed by atoms with van der Waals surface area (Å²) in [5, 5.41) is 18.2. The van der Waals surface area contributed by atoms with Crippen LogP contribution in [0.2, 0.25) is 0 Å². The number of aromatic nitrogens is 4. The lowest BCUT2D eigenvalue weighted by Crippen LogP contribution is -1.97. The molecule has 0 fully saturated rings. The number of benzene rings is 2. The Morgan fingerprint density at radius 2 is 1.88 bits per heavy atom. The van der Waals surface area contributed by atoms with Gasteiger partial charge in [-0.25, -0.2) is 0 Å². The molecule has 0 aliphatic carbocycles. The van der Waals surface area contributed by atoms with Gasteiger partial charge in [-0.05, 0) is 22.9 Å². The second-order valence-electron chi connectivity index (χ2n) is 5.46. The molecule has 5 nitrogen and oxygen atoms in total. The minimum Gasteiger partial charge on any atom is -0.486 e. The monoisotopic (exact) mass is 364 g/mol. The number of hydrogen-bond donors (Lipinski definition) is 0. The van der Waals surface area contributed by atoms with Crippen molar-refractivity contribution in [3.63, 3.8) is 0 Å². The predicted octanol–water partition coefficient (Wildman–Crippen LogP) is 4.65. The van der Waals surface area contributed by atoms with Crippen molar-refractivity contribution in [2.75, 3.05) is 0 Å². The van der Waals surface area contributed by atoms with Crippen molar-refractivity contribution in [2.24, 2.45) is 0 Å². The van der Waals surface area contributed by atoms with Crippen LogP contribution in [0.25, 0.3) is 26.4 Å². The molecule has 0 saturated carbocycles. The highest BCUT2D eigenvalue weighted by atomic mass is 32.1. The van der Waals surface area contributed by atoms with Crippen LogP contribution in [0.4, 0.5) is 0 Å². The molecular formula is C18H12N4OS2. The zero-order valence-electron chi connectivity index (χ0n) is 13.0. The predicted molar refractivity (Wildman–Crippen MR) is 100 cm³/mol. The van der Waals surface area contributed by atoms with Gasteiger partial charge in [0.25, 0.3) is 0 Å². The molecule has 3 heterocycles. The number of ether oxygens (including phenoxy) is 1.